The average Bonchev–Trinajstić information content (AvgIpc) is 2.19. The molecule has 0 saturated carbocycles. The molecular formula is C11H12BrClO2. The van der Waals surface area contributed by atoms with E-state index < -0.39 is 0 Å². The lowest BCUT2D eigenvalue weighted by atomic mass is 10.2. The zero-order valence-electron chi connectivity index (χ0n) is 8.43. The van der Waals surface area contributed by atoms with Gasteiger partial charge in [0, 0.05) is 16.8 Å². The third-order valence-corrected chi connectivity index (χ3v) is 2.64. The highest BCUT2D eigenvalue weighted by Gasteiger charge is 2.06. The first kappa shape index (κ1) is 12.5. The van der Waals surface area contributed by atoms with Crippen molar-refractivity contribution < 1.29 is 9.53 Å². The summed E-state index contributed by atoms with van der Waals surface area (Å²) in [5.74, 6) is 0.855. The van der Waals surface area contributed by atoms with Gasteiger partial charge in [0.15, 0.2) is 0 Å². The van der Waals surface area contributed by atoms with Crippen molar-refractivity contribution in [2.24, 2.45) is 0 Å². The Bertz CT molecular complexity index is 352. The Kier molecular flexibility index (Phi) is 5.12. The van der Waals surface area contributed by atoms with Crippen molar-refractivity contribution in [1.29, 1.82) is 0 Å². The number of alkyl halides is 1. The fourth-order valence-corrected chi connectivity index (χ4v) is 1.72. The molecule has 0 saturated heterocycles. The lowest BCUT2D eigenvalue weighted by Gasteiger charge is -2.06. The van der Waals surface area contributed by atoms with Crippen LogP contribution in [0.25, 0.3) is 0 Å². The van der Waals surface area contributed by atoms with Gasteiger partial charge in [0.25, 0.3) is 0 Å². The SMILES string of the molecule is Cc1cc(Br)ccc1OC(=O)CCCCl. The van der Waals surface area contributed by atoms with Gasteiger partial charge < -0.3 is 4.74 Å². The van der Waals surface area contributed by atoms with Crippen molar-refractivity contribution >= 4 is 33.5 Å². The summed E-state index contributed by atoms with van der Waals surface area (Å²) in [6.45, 7) is 1.90. The van der Waals surface area contributed by atoms with Crippen molar-refractivity contribution in [3.63, 3.8) is 0 Å². The van der Waals surface area contributed by atoms with Gasteiger partial charge in [-0.15, -0.1) is 11.6 Å². The molecule has 1 rings (SSSR count). The maximum Gasteiger partial charge on any atom is 0.311 e. The van der Waals surface area contributed by atoms with Crippen molar-refractivity contribution in [3.8, 4) is 5.75 Å². The minimum absolute atomic E-state index is 0.235. The maximum atomic E-state index is 11.3. The van der Waals surface area contributed by atoms with Crippen LogP contribution in [0.15, 0.2) is 22.7 Å². The molecule has 0 bridgehead atoms. The molecule has 0 fully saturated rings. The first-order valence-corrected chi connectivity index (χ1v) is 5.99. The van der Waals surface area contributed by atoms with E-state index in [4.69, 9.17) is 16.3 Å². The van der Waals surface area contributed by atoms with E-state index in [0.29, 0.717) is 24.5 Å². The molecule has 0 aliphatic carbocycles. The second-order valence-electron chi connectivity index (χ2n) is 3.18. The normalized spacial score (nSPS) is 10.1. The monoisotopic (exact) mass is 290 g/mol. The number of benzene rings is 1. The Morgan fingerprint density at radius 1 is 1.53 bits per heavy atom. The number of esters is 1. The molecule has 1 aromatic carbocycles. The summed E-state index contributed by atoms with van der Waals surface area (Å²) in [7, 11) is 0. The standard InChI is InChI=1S/C11H12BrClO2/c1-8-7-9(12)4-5-10(8)15-11(14)3-2-6-13/h4-5,7H,2-3,6H2,1H3. The van der Waals surface area contributed by atoms with Gasteiger partial charge in [-0.25, -0.2) is 0 Å². The number of hydrogen-bond acceptors (Lipinski definition) is 2. The summed E-state index contributed by atoms with van der Waals surface area (Å²) in [6.07, 6.45) is 1.01. The molecule has 0 spiro atoms. The van der Waals surface area contributed by atoms with E-state index >= 15 is 0 Å². The zero-order chi connectivity index (χ0) is 11.3. The topological polar surface area (TPSA) is 26.3 Å². The average molecular weight is 292 g/mol. The number of carbonyl (C=O) groups is 1. The molecule has 1 aromatic rings. The molecule has 0 N–H and O–H groups in total. The van der Waals surface area contributed by atoms with Gasteiger partial charge in [-0.2, -0.15) is 0 Å². The minimum atomic E-state index is -0.235. The minimum Gasteiger partial charge on any atom is -0.426 e. The molecule has 0 amide bonds. The Balaban J connectivity index is 2.60. The number of ether oxygens (including phenoxy) is 1. The number of hydrogen-bond donors (Lipinski definition) is 0. The van der Waals surface area contributed by atoms with Crippen LogP contribution < -0.4 is 4.74 Å². The van der Waals surface area contributed by atoms with Gasteiger partial charge in [-0.1, -0.05) is 15.9 Å². The largest absolute Gasteiger partial charge is 0.426 e. The molecule has 4 heteroatoms. The van der Waals surface area contributed by atoms with E-state index in [2.05, 4.69) is 15.9 Å². The summed E-state index contributed by atoms with van der Waals surface area (Å²) >= 11 is 8.83. The lowest BCUT2D eigenvalue weighted by molar-refractivity contribution is -0.134. The molecule has 0 atom stereocenters. The summed E-state index contributed by atoms with van der Waals surface area (Å²) in [6, 6.07) is 5.53. The molecule has 82 valence electrons. The van der Waals surface area contributed by atoms with Crippen LogP contribution in [0.5, 0.6) is 5.75 Å². The first-order valence-electron chi connectivity index (χ1n) is 4.66. The lowest BCUT2D eigenvalue weighted by Crippen LogP contribution is -2.08. The van der Waals surface area contributed by atoms with Crippen LogP contribution in [0, 0.1) is 6.92 Å². The van der Waals surface area contributed by atoms with E-state index in [9.17, 15) is 4.79 Å². The number of rotatable bonds is 4. The zero-order valence-corrected chi connectivity index (χ0v) is 10.8. The molecule has 0 aromatic heterocycles. The molecule has 0 radical (unpaired) electrons. The van der Waals surface area contributed by atoms with Crippen LogP contribution >= 0.6 is 27.5 Å². The van der Waals surface area contributed by atoms with Gasteiger partial charge >= 0.3 is 5.97 Å². The van der Waals surface area contributed by atoms with Crippen LogP contribution in [-0.4, -0.2) is 11.8 Å². The molecule has 2 nitrogen and oxygen atoms in total. The van der Waals surface area contributed by atoms with Crippen molar-refractivity contribution in [1.82, 2.24) is 0 Å². The smallest absolute Gasteiger partial charge is 0.311 e. The molecule has 15 heavy (non-hydrogen) atoms. The summed E-state index contributed by atoms with van der Waals surface area (Å²) in [5.41, 5.74) is 0.934. The molecule has 0 aliphatic rings. The Morgan fingerprint density at radius 3 is 2.87 bits per heavy atom. The summed E-state index contributed by atoms with van der Waals surface area (Å²) in [4.78, 5) is 11.3. The third kappa shape index (κ3) is 4.22. The van der Waals surface area contributed by atoms with E-state index in [1.807, 2.05) is 19.1 Å². The van der Waals surface area contributed by atoms with Gasteiger partial charge in [0.05, 0.1) is 0 Å². The third-order valence-electron chi connectivity index (χ3n) is 1.88. The van der Waals surface area contributed by atoms with Crippen LogP contribution in [0.4, 0.5) is 0 Å². The highest BCUT2D eigenvalue weighted by molar-refractivity contribution is 9.10. The second-order valence-corrected chi connectivity index (χ2v) is 4.47. The van der Waals surface area contributed by atoms with E-state index in [1.165, 1.54) is 0 Å². The van der Waals surface area contributed by atoms with Crippen LogP contribution in [0.3, 0.4) is 0 Å². The van der Waals surface area contributed by atoms with Gasteiger partial charge in [0.1, 0.15) is 5.75 Å². The van der Waals surface area contributed by atoms with Crippen molar-refractivity contribution in [2.45, 2.75) is 19.8 Å². The number of aryl methyl sites for hydroxylation is 1. The summed E-state index contributed by atoms with van der Waals surface area (Å²) < 4.78 is 6.16. The fraction of sp³-hybridized carbons (Fsp3) is 0.364. The van der Waals surface area contributed by atoms with Crippen molar-refractivity contribution in [3.05, 3.63) is 28.2 Å². The summed E-state index contributed by atoms with van der Waals surface area (Å²) in [5, 5.41) is 0. The Morgan fingerprint density at radius 2 is 2.27 bits per heavy atom. The highest BCUT2D eigenvalue weighted by atomic mass is 79.9. The van der Waals surface area contributed by atoms with Crippen LogP contribution in [-0.2, 0) is 4.79 Å². The first-order chi connectivity index (χ1) is 7.13. The van der Waals surface area contributed by atoms with Crippen LogP contribution in [0.2, 0.25) is 0 Å². The second kappa shape index (κ2) is 6.13. The van der Waals surface area contributed by atoms with E-state index in [0.717, 1.165) is 10.0 Å². The fourth-order valence-electron chi connectivity index (χ4n) is 1.11. The molecular weight excluding hydrogens is 279 g/mol. The number of carbonyl (C=O) groups excluding carboxylic acids is 1. The van der Waals surface area contributed by atoms with Crippen molar-refractivity contribution in [2.75, 3.05) is 5.88 Å². The number of halogens is 2. The molecule has 0 aliphatic heterocycles. The molecule has 0 heterocycles. The van der Waals surface area contributed by atoms with Crippen LogP contribution in [0.1, 0.15) is 18.4 Å². The van der Waals surface area contributed by atoms with E-state index in [-0.39, 0.29) is 5.97 Å². The quantitative estimate of drug-likeness (QED) is 0.480. The van der Waals surface area contributed by atoms with E-state index in [1.54, 1.807) is 6.07 Å². The van der Waals surface area contributed by atoms with Gasteiger partial charge in [-0.3, -0.25) is 4.79 Å². The Hall–Kier alpha value is -0.540. The molecule has 0 unspecified atom stereocenters. The Labute approximate surface area is 103 Å². The predicted octanol–water partition coefficient (Wildman–Crippen LogP) is 3.68. The predicted molar refractivity (Wildman–Crippen MR) is 64.5 cm³/mol. The van der Waals surface area contributed by atoms with Gasteiger partial charge in [0.2, 0.25) is 0 Å². The van der Waals surface area contributed by atoms with Gasteiger partial charge in [-0.05, 0) is 37.1 Å². The maximum absolute atomic E-state index is 11.3. The highest BCUT2D eigenvalue weighted by Crippen LogP contribution is 2.22.